The van der Waals surface area contributed by atoms with Gasteiger partial charge >= 0.3 is 17.9 Å². The van der Waals surface area contributed by atoms with Gasteiger partial charge in [0.2, 0.25) is 0 Å². The van der Waals surface area contributed by atoms with Crippen molar-refractivity contribution in [2.45, 2.75) is 116 Å². The molecule has 105 heavy (non-hydrogen) atoms. The van der Waals surface area contributed by atoms with Crippen molar-refractivity contribution in [3.63, 3.8) is 0 Å². The standard InChI is InChI=1S/C25H25F2N7O3.C25H25F2N5O2.C23H21F2N7O2/c26-15-7-16-17(10-29-22(16)28-9-15)23-32-21(14-8-30-34(11-14)5-6-35)19(27)24(33-23)31-20-13-3-1-12(2-4-13)18(20)25(36)37;1-12(2)3-8-18-20(27)24(31-21-14-6-4-13(5-7-14)19(21)25(33)34)32-23(30-18)17-11-29-22-16(17)9-15(26)10-28-22;24-12-7-13-14(9-27-20(13)26-8-12)21-30-19(15-5-6-28-32-15)17(25)22(31-21)29-18-11-3-1-10(2-4-11)16(18)23(33)34/h7-13,18,20,35H,1-6H2,(H,28,29)(H,36,37)(H,31,32,33);9-14,19,21H,4-7H2,1-2H3,(H,28,29)(H,33,34)(H,30,31,32);5-11,16,18H,1-4H2,(H,26,27)(H,28,32)(H,33,34)(H,29,30,31). The van der Waals surface area contributed by atoms with Crippen LogP contribution in [0.3, 0.4) is 0 Å². The number of nitrogens with zero attached hydrogens (tertiary/aromatic N) is 12. The van der Waals surface area contributed by atoms with E-state index in [2.05, 4.69) is 103 Å². The number of H-pyrrole nitrogens is 4. The number of aliphatic hydroxyl groups is 1. The van der Waals surface area contributed by atoms with Crippen LogP contribution < -0.4 is 16.0 Å². The Kier molecular flexibility index (Phi) is 19.0. The number of aliphatic carboxylic acids is 3. The van der Waals surface area contributed by atoms with Crippen molar-refractivity contribution in [3.05, 3.63) is 121 Å². The molecule has 0 aliphatic heterocycles. The summed E-state index contributed by atoms with van der Waals surface area (Å²) in [5.41, 5.74) is 3.20. The molecular formula is C73H71F6N19O7. The molecule has 11 aromatic rings. The third-order valence-electron chi connectivity index (χ3n) is 21.7. The number of hydrogen-bond donors (Lipinski definition) is 11. The SMILES string of the molecule is CC(C)C#Cc1nc(-c2c[nH]c3ncc(F)cc23)nc(NC2C3CCC(CC3)C2C(=O)O)c1F.O=C(O)C1C2CCC(CC2)C1Nc1nc(-c2c[nH]c3ncc(F)cc23)nc(-c2ccn[nH]2)c1F.O=C(O)C1C2CCC(CC2)C1Nc1nc(-c2c[nH]c3ncc(F)cc23)nc(-c2cnn(CCO)c2)c1F. The smallest absolute Gasteiger partial charge is 0.308 e. The molecule has 0 spiro atoms. The van der Waals surface area contributed by atoms with E-state index in [0.717, 1.165) is 95.6 Å². The van der Waals surface area contributed by atoms with E-state index in [1.165, 1.54) is 35.3 Å². The van der Waals surface area contributed by atoms with Crippen LogP contribution in [0.5, 0.6) is 0 Å². The molecule has 9 aliphatic carbocycles. The normalized spacial score (nSPS) is 23.5. The third-order valence-corrected chi connectivity index (χ3v) is 21.7. The Balaban J connectivity index is 0.000000127. The molecule has 6 unspecified atom stereocenters. The van der Waals surface area contributed by atoms with Gasteiger partial charge in [0.1, 0.15) is 45.8 Å². The van der Waals surface area contributed by atoms with Crippen molar-refractivity contribution in [2.75, 3.05) is 22.6 Å². The van der Waals surface area contributed by atoms with Gasteiger partial charge in [-0.15, -0.1) is 0 Å². The van der Waals surface area contributed by atoms with Crippen LogP contribution in [0.15, 0.2) is 80.0 Å². The lowest BCUT2D eigenvalue weighted by atomic mass is 9.61. The number of halogens is 6. The summed E-state index contributed by atoms with van der Waals surface area (Å²) in [5, 5.41) is 60.5. The summed E-state index contributed by atoms with van der Waals surface area (Å²) in [6, 6.07) is 4.15. The number of anilines is 3. The Labute approximate surface area is 593 Å². The number of hydrogen-bond acceptors (Lipinski definition) is 18. The molecule has 0 saturated heterocycles. The maximum Gasteiger partial charge on any atom is 0.308 e. The second-order valence-corrected chi connectivity index (χ2v) is 28.2. The largest absolute Gasteiger partial charge is 0.481 e. The van der Waals surface area contributed by atoms with Gasteiger partial charge in [0.25, 0.3) is 0 Å². The number of aliphatic hydroxyl groups excluding tert-OH is 1. The quantitative estimate of drug-likeness (QED) is 0.0316. The van der Waals surface area contributed by atoms with Crippen LogP contribution in [-0.2, 0) is 20.9 Å². The number of carboxylic acid groups (broad SMARTS) is 3. The summed E-state index contributed by atoms with van der Waals surface area (Å²) in [6.07, 6.45) is 23.1. The first-order chi connectivity index (χ1) is 50.7. The Morgan fingerprint density at radius 1 is 0.533 bits per heavy atom. The average Bonchev–Trinajstić information content (AvgIpc) is 1.75. The van der Waals surface area contributed by atoms with Crippen LogP contribution in [0, 0.1) is 106 Å². The Morgan fingerprint density at radius 2 is 0.924 bits per heavy atom. The van der Waals surface area contributed by atoms with E-state index in [4.69, 9.17) is 0 Å². The molecule has 0 aromatic carbocycles. The van der Waals surface area contributed by atoms with Gasteiger partial charge in [-0.2, -0.15) is 14.6 Å². The Bertz CT molecular complexity index is 5190. The number of rotatable bonds is 16. The summed E-state index contributed by atoms with van der Waals surface area (Å²) >= 11 is 0. The van der Waals surface area contributed by atoms with E-state index >= 15 is 13.2 Å². The number of nitrogens with one attached hydrogen (secondary N) is 7. The van der Waals surface area contributed by atoms with E-state index < -0.39 is 88.7 Å². The number of fused-ring (bicyclic) bond motifs is 12. The minimum Gasteiger partial charge on any atom is -0.481 e. The second kappa shape index (κ2) is 28.7. The molecule has 11 heterocycles. The highest BCUT2D eigenvalue weighted by molar-refractivity contribution is 5.94. The van der Waals surface area contributed by atoms with Gasteiger partial charge in [-0.1, -0.05) is 19.8 Å². The highest BCUT2D eigenvalue weighted by atomic mass is 19.1. The number of carbonyl (C=O) groups is 3. The van der Waals surface area contributed by atoms with Crippen molar-refractivity contribution < 1.29 is 61.2 Å². The maximum atomic E-state index is 16.0. The van der Waals surface area contributed by atoms with E-state index in [1.807, 2.05) is 13.8 Å². The van der Waals surface area contributed by atoms with Crippen LogP contribution in [0.1, 0.15) is 96.6 Å². The van der Waals surface area contributed by atoms with E-state index in [9.17, 15) is 48.0 Å². The summed E-state index contributed by atoms with van der Waals surface area (Å²) in [7, 11) is 0. The van der Waals surface area contributed by atoms with Gasteiger partial charge < -0.3 is 51.3 Å². The fraction of sp³-hybridized carbons (Fsp3) is 0.397. The lowest BCUT2D eigenvalue weighted by Gasteiger charge is -2.47. The number of aromatic amines is 4. The van der Waals surface area contributed by atoms with Crippen LogP contribution >= 0.6 is 0 Å². The van der Waals surface area contributed by atoms with Crippen LogP contribution in [0.2, 0.25) is 0 Å². The topological polar surface area (TPSA) is 378 Å². The van der Waals surface area contributed by atoms with Gasteiger partial charge in [0, 0.05) is 93.4 Å². The monoisotopic (exact) mass is 1440 g/mol. The van der Waals surface area contributed by atoms with Gasteiger partial charge in [0.15, 0.2) is 58.1 Å². The molecule has 11 N–H and O–H groups in total. The minimum absolute atomic E-state index is 0.00826. The molecule has 6 bridgehead atoms. The number of aromatic nitrogens is 16. The molecule has 0 amide bonds. The fourth-order valence-corrected chi connectivity index (χ4v) is 16.8. The zero-order chi connectivity index (χ0) is 73.1. The molecule has 542 valence electrons. The van der Waals surface area contributed by atoms with Crippen LogP contribution in [0.25, 0.3) is 89.9 Å². The molecule has 26 nitrogen and oxygen atoms in total. The predicted molar refractivity (Wildman–Crippen MR) is 371 cm³/mol. The molecule has 6 atom stereocenters. The minimum atomic E-state index is -0.898. The third kappa shape index (κ3) is 13.6. The zero-order valence-electron chi connectivity index (χ0n) is 56.6. The molecule has 9 fully saturated rings. The molecule has 20 rings (SSSR count). The summed E-state index contributed by atoms with van der Waals surface area (Å²) < 4.78 is 90.5. The van der Waals surface area contributed by atoms with Gasteiger partial charge in [-0.3, -0.25) is 24.2 Å². The molecule has 11 aromatic heterocycles. The fourth-order valence-electron chi connectivity index (χ4n) is 16.8. The summed E-state index contributed by atoms with van der Waals surface area (Å²) in [4.78, 5) is 83.9. The van der Waals surface area contributed by atoms with E-state index in [0.29, 0.717) is 61.0 Å². The molecule has 9 aliphatic rings. The van der Waals surface area contributed by atoms with Crippen LogP contribution in [-0.4, -0.2) is 143 Å². The molecular weight excluding hydrogens is 1370 g/mol. The molecule has 32 heteroatoms. The maximum absolute atomic E-state index is 16.0. The van der Waals surface area contributed by atoms with Gasteiger partial charge in [-0.05, 0) is 143 Å². The van der Waals surface area contributed by atoms with Gasteiger partial charge in [0.05, 0.1) is 61.4 Å². The summed E-state index contributed by atoms with van der Waals surface area (Å²) in [6.45, 7) is 3.86. The Hall–Kier alpha value is -11.4. The van der Waals surface area contributed by atoms with Crippen LogP contribution in [0.4, 0.5) is 43.8 Å². The zero-order valence-corrected chi connectivity index (χ0v) is 56.6. The lowest BCUT2D eigenvalue weighted by molar-refractivity contribution is -0.149. The van der Waals surface area contributed by atoms with Crippen molar-refractivity contribution in [2.24, 2.45) is 59.2 Å². The first-order valence-corrected chi connectivity index (χ1v) is 35.0. The highest BCUT2D eigenvalue weighted by Gasteiger charge is 2.51. The average molecular weight is 1440 g/mol. The van der Waals surface area contributed by atoms with Crippen molar-refractivity contribution in [1.82, 2.24) is 79.8 Å². The first kappa shape index (κ1) is 69.4. The summed E-state index contributed by atoms with van der Waals surface area (Å²) in [5.74, 6) is -1.93. The predicted octanol–water partition coefficient (Wildman–Crippen LogP) is 12.1. The van der Waals surface area contributed by atoms with Gasteiger partial charge in [-0.25, -0.2) is 66.8 Å². The van der Waals surface area contributed by atoms with Crippen molar-refractivity contribution >= 4 is 68.5 Å². The van der Waals surface area contributed by atoms with E-state index in [1.54, 1.807) is 30.9 Å². The first-order valence-electron chi connectivity index (χ1n) is 35.0. The number of carboxylic acids is 3. The van der Waals surface area contributed by atoms with E-state index in [-0.39, 0.29) is 107 Å². The highest BCUT2D eigenvalue weighted by Crippen LogP contribution is 2.50. The molecule has 0 radical (unpaired) electrons. The second-order valence-electron chi connectivity index (χ2n) is 28.2. The lowest BCUT2D eigenvalue weighted by Crippen LogP contribution is -2.51. The van der Waals surface area contributed by atoms with Crippen molar-refractivity contribution in [3.8, 4) is 68.6 Å². The molecule has 9 saturated carbocycles. The van der Waals surface area contributed by atoms with Crippen molar-refractivity contribution in [1.29, 1.82) is 0 Å². The number of pyridine rings is 3. The Morgan fingerprint density at radius 3 is 1.31 bits per heavy atom.